The molecule has 2 aromatic rings. The number of imidazole rings is 1. The number of aromatic nitrogens is 4. The van der Waals surface area contributed by atoms with E-state index in [0.717, 1.165) is 32.8 Å². The number of fused-ring (bicyclic) bond motifs is 1. The van der Waals surface area contributed by atoms with Crippen LogP contribution in [0.5, 0.6) is 0 Å². The maximum absolute atomic E-state index is 12.3. The SMILES string of the molecule is C[C@H](Sc1nc(Cl)nc2nc[nH]c12)C(=O)NCCN1CCOCC1. The molecule has 0 unspecified atom stereocenters. The van der Waals surface area contributed by atoms with Crippen molar-refractivity contribution in [3.05, 3.63) is 11.6 Å². The molecule has 24 heavy (non-hydrogen) atoms. The molecule has 2 aromatic heterocycles. The first kappa shape index (κ1) is 17.4. The zero-order valence-electron chi connectivity index (χ0n) is 13.3. The van der Waals surface area contributed by atoms with Crippen molar-refractivity contribution in [3.63, 3.8) is 0 Å². The normalized spacial score (nSPS) is 17.1. The molecule has 1 fully saturated rings. The van der Waals surface area contributed by atoms with Gasteiger partial charge in [-0.15, -0.1) is 0 Å². The van der Waals surface area contributed by atoms with E-state index >= 15 is 0 Å². The van der Waals surface area contributed by atoms with Crippen LogP contribution in [0.3, 0.4) is 0 Å². The molecule has 1 aliphatic heterocycles. The van der Waals surface area contributed by atoms with Crippen molar-refractivity contribution in [2.24, 2.45) is 0 Å². The number of nitrogens with zero attached hydrogens (tertiary/aromatic N) is 4. The van der Waals surface area contributed by atoms with Crippen LogP contribution in [0, 0.1) is 0 Å². The lowest BCUT2D eigenvalue weighted by molar-refractivity contribution is -0.120. The first-order valence-electron chi connectivity index (χ1n) is 7.74. The average molecular weight is 371 g/mol. The lowest BCUT2D eigenvalue weighted by atomic mass is 10.4. The summed E-state index contributed by atoms with van der Waals surface area (Å²) < 4.78 is 5.31. The van der Waals surface area contributed by atoms with Gasteiger partial charge in [0.1, 0.15) is 10.5 Å². The Kier molecular flexibility index (Phi) is 5.88. The second-order valence-corrected chi connectivity index (χ2v) is 7.07. The van der Waals surface area contributed by atoms with Gasteiger partial charge in [-0.1, -0.05) is 11.8 Å². The van der Waals surface area contributed by atoms with Crippen LogP contribution in [-0.2, 0) is 9.53 Å². The van der Waals surface area contributed by atoms with E-state index in [1.54, 1.807) is 0 Å². The van der Waals surface area contributed by atoms with Gasteiger partial charge in [0.05, 0.1) is 24.8 Å². The lowest BCUT2D eigenvalue weighted by Crippen LogP contribution is -2.42. The molecule has 130 valence electrons. The summed E-state index contributed by atoms with van der Waals surface area (Å²) in [6.45, 7) is 6.63. The molecule has 0 spiro atoms. The minimum Gasteiger partial charge on any atom is -0.379 e. The number of nitrogens with one attached hydrogen (secondary N) is 2. The molecule has 0 radical (unpaired) electrons. The third kappa shape index (κ3) is 4.35. The van der Waals surface area contributed by atoms with E-state index in [1.165, 1.54) is 18.1 Å². The summed E-state index contributed by atoms with van der Waals surface area (Å²) in [5.41, 5.74) is 1.19. The number of amides is 1. The van der Waals surface area contributed by atoms with Crippen molar-refractivity contribution < 1.29 is 9.53 Å². The monoisotopic (exact) mass is 370 g/mol. The Morgan fingerprint density at radius 2 is 2.29 bits per heavy atom. The maximum Gasteiger partial charge on any atom is 0.233 e. The van der Waals surface area contributed by atoms with Crippen LogP contribution in [0.25, 0.3) is 11.2 Å². The van der Waals surface area contributed by atoms with Crippen molar-refractivity contribution in [2.45, 2.75) is 17.2 Å². The van der Waals surface area contributed by atoms with Gasteiger partial charge in [0.25, 0.3) is 0 Å². The molecule has 2 N–H and O–H groups in total. The molecule has 8 nitrogen and oxygen atoms in total. The Labute approximate surface area is 148 Å². The van der Waals surface area contributed by atoms with Gasteiger partial charge in [-0.2, -0.15) is 4.98 Å². The molecule has 0 bridgehead atoms. The molecule has 1 saturated heterocycles. The third-order valence-corrected chi connectivity index (χ3v) is 4.97. The predicted octanol–water partition coefficient (Wildman–Crippen LogP) is 0.935. The number of H-pyrrole nitrogens is 1. The van der Waals surface area contributed by atoms with E-state index in [1.807, 2.05) is 6.92 Å². The van der Waals surface area contributed by atoms with Crippen molar-refractivity contribution in [3.8, 4) is 0 Å². The minimum absolute atomic E-state index is 0.0318. The standard InChI is InChI=1S/C14H19ClN6O2S/c1-9(12(22)16-2-3-21-4-6-23-7-5-21)24-13-10-11(18-8-17-10)19-14(15)20-13/h8-9H,2-7H2,1H3,(H,16,22)(H,17,18,19,20)/t9-/m0/s1. The number of aromatic amines is 1. The van der Waals surface area contributed by atoms with Crippen LogP contribution in [0.2, 0.25) is 5.28 Å². The number of thioether (sulfide) groups is 1. The van der Waals surface area contributed by atoms with Gasteiger partial charge in [0.2, 0.25) is 11.2 Å². The number of halogens is 1. The highest BCUT2D eigenvalue weighted by Crippen LogP contribution is 2.27. The van der Waals surface area contributed by atoms with Gasteiger partial charge in [0.15, 0.2) is 5.65 Å². The molecular weight excluding hydrogens is 352 g/mol. The Hall–Kier alpha value is -1.42. The zero-order chi connectivity index (χ0) is 16.9. The van der Waals surface area contributed by atoms with Gasteiger partial charge >= 0.3 is 0 Å². The van der Waals surface area contributed by atoms with E-state index in [4.69, 9.17) is 16.3 Å². The number of morpholine rings is 1. The molecule has 1 atom stereocenters. The van der Waals surface area contributed by atoms with E-state index in [9.17, 15) is 4.79 Å². The van der Waals surface area contributed by atoms with Crippen molar-refractivity contribution >= 4 is 40.4 Å². The first-order chi connectivity index (χ1) is 11.6. The summed E-state index contributed by atoms with van der Waals surface area (Å²) in [5, 5.41) is 3.41. The molecular formula is C14H19ClN6O2S. The number of hydrogen-bond acceptors (Lipinski definition) is 7. The number of rotatable bonds is 6. The van der Waals surface area contributed by atoms with Crippen LogP contribution >= 0.6 is 23.4 Å². The number of carbonyl (C=O) groups is 1. The van der Waals surface area contributed by atoms with Gasteiger partial charge in [0, 0.05) is 26.2 Å². The van der Waals surface area contributed by atoms with E-state index in [2.05, 4.69) is 30.2 Å². The molecule has 0 aromatic carbocycles. The van der Waals surface area contributed by atoms with E-state index < -0.39 is 0 Å². The average Bonchev–Trinajstić information content (AvgIpc) is 3.04. The third-order valence-electron chi connectivity index (χ3n) is 3.71. The Morgan fingerprint density at radius 1 is 1.50 bits per heavy atom. The molecule has 0 saturated carbocycles. The summed E-state index contributed by atoms with van der Waals surface area (Å²) in [5.74, 6) is -0.0318. The highest BCUT2D eigenvalue weighted by atomic mass is 35.5. The lowest BCUT2D eigenvalue weighted by Gasteiger charge is -2.26. The van der Waals surface area contributed by atoms with Gasteiger partial charge in [-0.25, -0.2) is 9.97 Å². The van der Waals surface area contributed by atoms with E-state index in [0.29, 0.717) is 22.7 Å². The second kappa shape index (κ2) is 8.11. The summed E-state index contributed by atoms with van der Waals surface area (Å²) in [6.07, 6.45) is 1.53. The van der Waals surface area contributed by atoms with Gasteiger partial charge in [-0.3, -0.25) is 9.69 Å². The molecule has 10 heteroatoms. The zero-order valence-corrected chi connectivity index (χ0v) is 14.9. The molecule has 1 aliphatic rings. The smallest absolute Gasteiger partial charge is 0.233 e. The Bertz CT molecular complexity index is 706. The fourth-order valence-electron chi connectivity index (χ4n) is 2.39. The highest BCUT2D eigenvalue weighted by Gasteiger charge is 2.19. The number of ether oxygens (including phenoxy) is 1. The first-order valence-corrected chi connectivity index (χ1v) is 9.00. The summed E-state index contributed by atoms with van der Waals surface area (Å²) in [6, 6.07) is 0. The topological polar surface area (TPSA) is 96.0 Å². The Morgan fingerprint density at radius 3 is 3.08 bits per heavy atom. The Balaban J connectivity index is 1.52. The van der Waals surface area contributed by atoms with Crippen LogP contribution in [0.1, 0.15) is 6.92 Å². The molecule has 3 heterocycles. The van der Waals surface area contributed by atoms with Crippen LogP contribution in [-0.4, -0.2) is 75.4 Å². The van der Waals surface area contributed by atoms with Gasteiger partial charge in [-0.05, 0) is 18.5 Å². The maximum atomic E-state index is 12.3. The van der Waals surface area contributed by atoms with Crippen molar-refractivity contribution in [1.82, 2.24) is 30.2 Å². The highest BCUT2D eigenvalue weighted by molar-refractivity contribution is 8.00. The number of carbonyl (C=O) groups excluding carboxylic acids is 1. The molecule has 0 aliphatic carbocycles. The molecule has 1 amide bonds. The summed E-state index contributed by atoms with van der Waals surface area (Å²) in [7, 11) is 0. The predicted molar refractivity (Wildman–Crippen MR) is 92.3 cm³/mol. The summed E-state index contributed by atoms with van der Waals surface area (Å²) in [4.78, 5) is 29.8. The van der Waals surface area contributed by atoms with Crippen molar-refractivity contribution in [2.75, 3.05) is 39.4 Å². The van der Waals surface area contributed by atoms with Gasteiger partial charge < -0.3 is 15.0 Å². The van der Waals surface area contributed by atoms with Crippen LogP contribution in [0.4, 0.5) is 0 Å². The van der Waals surface area contributed by atoms with Crippen LogP contribution in [0.15, 0.2) is 11.4 Å². The fraction of sp³-hybridized carbons (Fsp3) is 0.571. The largest absolute Gasteiger partial charge is 0.379 e. The quantitative estimate of drug-likeness (QED) is 0.443. The fourth-order valence-corrected chi connectivity index (χ4v) is 3.54. The summed E-state index contributed by atoms with van der Waals surface area (Å²) >= 11 is 7.24. The second-order valence-electron chi connectivity index (χ2n) is 5.40. The number of hydrogen-bond donors (Lipinski definition) is 2. The minimum atomic E-state index is -0.299. The molecule has 3 rings (SSSR count). The van der Waals surface area contributed by atoms with Crippen LogP contribution < -0.4 is 5.32 Å². The van der Waals surface area contributed by atoms with E-state index in [-0.39, 0.29) is 16.4 Å². The van der Waals surface area contributed by atoms with Crippen molar-refractivity contribution in [1.29, 1.82) is 0 Å².